The van der Waals surface area contributed by atoms with Gasteiger partial charge in [0.2, 0.25) is 0 Å². The zero-order valence-electron chi connectivity index (χ0n) is 15.0. The number of benzene rings is 2. The lowest BCUT2D eigenvalue weighted by atomic mass is 10.1. The van der Waals surface area contributed by atoms with Crippen LogP contribution in [0.4, 0.5) is 0 Å². The SMILES string of the molecule is C=CCN(Cc1cccc(C#N)c1)C(=O)c1cc2c(C)cc(C)cc2[nH]1. The Kier molecular flexibility index (Phi) is 4.90. The lowest BCUT2D eigenvalue weighted by molar-refractivity contribution is 0.0758. The molecule has 130 valence electrons. The smallest absolute Gasteiger partial charge is 0.270 e. The summed E-state index contributed by atoms with van der Waals surface area (Å²) in [5.41, 5.74) is 5.34. The van der Waals surface area contributed by atoms with Crippen LogP contribution in [0.1, 0.15) is 32.7 Å². The van der Waals surface area contributed by atoms with E-state index in [9.17, 15) is 4.79 Å². The van der Waals surface area contributed by atoms with E-state index in [2.05, 4.69) is 23.7 Å². The standard InChI is InChI=1S/C22H21N3O/c1-4-8-25(14-18-7-5-6-17(11-18)13-23)22(26)21-12-19-16(3)9-15(2)10-20(19)24-21/h4-7,9-12,24H,1,8,14H2,2-3H3. The quantitative estimate of drug-likeness (QED) is 0.694. The molecule has 0 saturated carbocycles. The minimum absolute atomic E-state index is 0.0829. The van der Waals surface area contributed by atoms with Crippen LogP contribution in [0.15, 0.2) is 55.1 Å². The van der Waals surface area contributed by atoms with E-state index in [0.29, 0.717) is 24.3 Å². The fourth-order valence-corrected chi connectivity index (χ4v) is 3.22. The number of nitriles is 1. The van der Waals surface area contributed by atoms with Crippen LogP contribution in [0.25, 0.3) is 10.9 Å². The van der Waals surface area contributed by atoms with E-state index in [1.54, 1.807) is 17.0 Å². The van der Waals surface area contributed by atoms with Gasteiger partial charge in [0, 0.05) is 24.0 Å². The van der Waals surface area contributed by atoms with E-state index in [1.807, 2.05) is 44.2 Å². The molecule has 1 aromatic heterocycles. The second-order valence-electron chi connectivity index (χ2n) is 6.51. The first-order chi connectivity index (χ1) is 12.5. The van der Waals surface area contributed by atoms with Crippen molar-refractivity contribution in [3.63, 3.8) is 0 Å². The van der Waals surface area contributed by atoms with Gasteiger partial charge in [-0.1, -0.05) is 24.3 Å². The van der Waals surface area contributed by atoms with Crippen molar-refractivity contribution in [3.05, 3.63) is 83.1 Å². The fourth-order valence-electron chi connectivity index (χ4n) is 3.22. The monoisotopic (exact) mass is 343 g/mol. The first kappa shape index (κ1) is 17.5. The number of aromatic amines is 1. The number of aromatic nitrogens is 1. The van der Waals surface area contributed by atoms with Gasteiger partial charge in [-0.3, -0.25) is 4.79 Å². The van der Waals surface area contributed by atoms with Crippen molar-refractivity contribution >= 4 is 16.8 Å². The molecular weight excluding hydrogens is 322 g/mol. The number of nitrogens with one attached hydrogen (secondary N) is 1. The Morgan fingerprint density at radius 3 is 2.81 bits per heavy atom. The number of hydrogen-bond acceptors (Lipinski definition) is 2. The largest absolute Gasteiger partial charge is 0.351 e. The van der Waals surface area contributed by atoms with Gasteiger partial charge in [0.25, 0.3) is 5.91 Å². The normalized spacial score (nSPS) is 10.5. The van der Waals surface area contributed by atoms with Crippen LogP contribution in [0.2, 0.25) is 0 Å². The van der Waals surface area contributed by atoms with E-state index in [-0.39, 0.29) is 5.91 Å². The lowest BCUT2D eigenvalue weighted by Gasteiger charge is -2.20. The number of nitrogens with zero attached hydrogens (tertiary/aromatic N) is 2. The summed E-state index contributed by atoms with van der Waals surface area (Å²) in [4.78, 5) is 18.0. The number of hydrogen-bond donors (Lipinski definition) is 1. The molecule has 26 heavy (non-hydrogen) atoms. The van der Waals surface area contributed by atoms with Crippen LogP contribution in [0.5, 0.6) is 0 Å². The summed E-state index contributed by atoms with van der Waals surface area (Å²) in [7, 11) is 0. The van der Waals surface area contributed by atoms with Crippen molar-refractivity contribution < 1.29 is 4.79 Å². The van der Waals surface area contributed by atoms with E-state index >= 15 is 0 Å². The van der Waals surface area contributed by atoms with Crippen LogP contribution in [0, 0.1) is 25.2 Å². The molecule has 0 spiro atoms. The highest BCUT2D eigenvalue weighted by Gasteiger charge is 2.18. The summed E-state index contributed by atoms with van der Waals surface area (Å²) in [5, 5.41) is 10.1. The first-order valence-electron chi connectivity index (χ1n) is 8.51. The third kappa shape index (κ3) is 3.52. The van der Waals surface area contributed by atoms with Crippen LogP contribution in [0.3, 0.4) is 0 Å². The molecule has 0 unspecified atom stereocenters. The zero-order chi connectivity index (χ0) is 18.7. The van der Waals surface area contributed by atoms with E-state index in [4.69, 9.17) is 5.26 Å². The highest BCUT2D eigenvalue weighted by atomic mass is 16.2. The molecule has 0 bridgehead atoms. The lowest BCUT2D eigenvalue weighted by Crippen LogP contribution is -2.31. The molecule has 0 aliphatic heterocycles. The predicted molar refractivity (Wildman–Crippen MR) is 104 cm³/mol. The van der Waals surface area contributed by atoms with Crippen molar-refractivity contribution in [2.24, 2.45) is 0 Å². The minimum atomic E-state index is -0.0829. The molecule has 0 aliphatic rings. The van der Waals surface area contributed by atoms with E-state index < -0.39 is 0 Å². The maximum Gasteiger partial charge on any atom is 0.270 e. The molecule has 2 aromatic carbocycles. The number of rotatable bonds is 5. The zero-order valence-corrected chi connectivity index (χ0v) is 15.0. The third-order valence-corrected chi connectivity index (χ3v) is 4.39. The van der Waals surface area contributed by atoms with Gasteiger partial charge >= 0.3 is 0 Å². The van der Waals surface area contributed by atoms with Crippen molar-refractivity contribution in [3.8, 4) is 6.07 Å². The number of carbonyl (C=O) groups is 1. The second kappa shape index (κ2) is 7.28. The Hall–Kier alpha value is -3.32. The number of aryl methyl sites for hydroxylation is 2. The van der Waals surface area contributed by atoms with Crippen LogP contribution < -0.4 is 0 Å². The molecule has 1 amide bonds. The molecule has 1 heterocycles. The summed E-state index contributed by atoms with van der Waals surface area (Å²) < 4.78 is 0. The summed E-state index contributed by atoms with van der Waals surface area (Å²) in [6.45, 7) is 8.71. The Labute approximate surface area is 153 Å². The number of amides is 1. The molecule has 0 fully saturated rings. The number of H-pyrrole nitrogens is 1. The summed E-state index contributed by atoms with van der Waals surface area (Å²) in [6.07, 6.45) is 1.71. The summed E-state index contributed by atoms with van der Waals surface area (Å²) in [5.74, 6) is -0.0829. The average molecular weight is 343 g/mol. The van der Waals surface area contributed by atoms with Gasteiger partial charge in [-0.15, -0.1) is 6.58 Å². The Morgan fingerprint density at radius 2 is 2.08 bits per heavy atom. The van der Waals surface area contributed by atoms with Gasteiger partial charge in [0.15, 0.2) is 0 Å². The average Bonchev–Trinajstić information content (AvgIpc) is 3.05. The first-order valence-corrected chi connectivity index (χ1v) is 8.51. The van der Waals surface area contributed by atoms with E-state index in [1.165, 1.54) is 0 Å². The predicted octanol–water partition coefficient (Wildman–Crippen LogP) is 4.48. The fraction of sp³-hybridized carbons (Fsp3) is 0.182. The summed E-state index contributed by atoms with van der Waals surface area (Å²) in [6, 6.07) is 15.5. The molecular formula is C22H21N3O. The second-order valence-corrected chi connectivity index (χ2v) is 6.51. The molecule has 0 saturated heterocycles. The molecule has 0 aliphatic carbocycles. The number of carbonyl (C=O) groups excluding carboxylic acids is 1. The van der Waals surface area contributed by atoms with Gasteiger partial charge in [-0.25, -0.2) is 0 Å². The van der Waals surface area contributed by atoms with Crippen LogP contribution >= 0.6 is 0 Å². The van der Waals surface area contributed by atoms with Crippen molar-refractivity contribution in [1.29, 1.82) is 5.26 Å². The van der Waals surface area contributed by atoms with Crippen molar-refractivity contribution in [2.75, 3.05) is 6.54 Å². The van der Waals surface area contributed by atoms with Gasteiger partial charge in [-0.05, 0) is 54.8 Å². The minimum Gasteiger partial charge on any atom is -0.351 e. The van der Waals surface area contributed by atoms with Crippen molar-refractivity contribution in [1.82, 2.24) is 9.88 Å². The van der Waals surface area contributed by atoms with Crippen molar-refractivity contribution in [2.45, 2.75) is 20.4 Å². The van der Waals surface area contributed by atoms with Gasteiger partial charge in [-0.2, -0.15) is 5.26 Å². The van der Waals surface area contributed by atoms with Crippen LogP contribution in [-0.4, -0.2) is 22.3 Å². The highest BCUT2D eigenvalue weighted by Crippen LogP contribution is 2.22. The molecule has 4 nitrogen and oxygen atoms in total. The third-order valence-electron chi connectivity index (χ3n) is 4.39. The maximum atomic E-state index is 13.0. The molecule has 1 N–H and O–H groups in total. The topological polar surface area (TPSA) is 59.9 Å². The van der Waals surface area contributed by atoms with Gasteiger partial charge < -0.3 is 9.88 Å². The van der Waals surface area contributed by atoms with Crippen LogP contribution in [-0.2, 0) is 6.54 Å². The molecule has 3 aromatic rings. The van der Waals surface area contributed by atoms with E-state index in [0.717, 1.165) is 27.6 Å². The maximum absolute atomic E-state index is 13.0. The molecule has 3 rings (SSSR count). The highest BCUT2D eigenvalue weighted by molar-refractivity contribution is 5.99. The number of fused-ring (bicyclic) bond motifs is 1. The molecule has 0 atom stereocenters. The van der Waals surface area contributed by atoms with Gasteiger partial charge in [0.05, 0.1) is 11.6 Å². The summed E-state index contributed by atoms with van der Waals surface area (Å²) >= 11 is 0. The Morgan fingerprint density at radius 1 is 1.27 bits per heavy atom. The van der Waals surface area contributed by atoms with Gasteiger partial charge in [0.1, 0.15) is 5.69 Å². The molecule has 4 heteroatoms. The Balaban J connectivity index is 1.92. The molecule has 0 radical (unpaired) electrons. The Bertz CT molecular complexity index is 1020.